The van der Waals surface area contributed by atoms with E-state index in [9.17, 15) is 9.90 Å². The zero-order valence-electron chi connectivity index (χ0n) is 11.2. The number of carbonyl (C=O) groups is 1. The van der Waals surface area contributed by atoms with Crippen molar-refractivity contribution in [2.75, 3.05) is 6.54 Å². The van der Waals surface area contributed by atoms with Gasteiger partial charge in [0.1, 0.15) is 5.75 Å². The second-order valence-electron chi connectivity index (χ2n) is 5.40. The molecular weight excluding hydrogens is 353 g/mol. The topological polar surface area (TPSA) is 49.3 Å². The number of phenols is 1. The Hall–Kier alpha value is -0.780. The van der Waals surface area contributed by atoms with Crippen molar-refractivity contribution in [2.24, 2.45) is 11.8 Å². The molecule has 0 heterocycles. The van der Waals surface area contributed by atoms with E-state index in [1.54, 1.807) is 12.1 Å². The van der Waals surface area contributed by atoms with Crippen molar-refractivity contribution < 1.29 is 9.90 Å². The van der Waals surface area contributed by atoms with Gasteiger partial charge >= 0.3 is 0 Å². The van der Waals surface area contributed by atoms with Crippen LogP contribution in [-0.2, 0) is 0 Å². The normalized spacial score (nSPS) is 23.1. The number of rotatable bonds is 3. The lowest BCUT2D eigenvalue weighted by atomic mass is 9.80. The van der Waals surface area contributed by atoms with Gasteiger partial charge in [-0.3, -0.25) is 4.79 Å². The minimum absolute atomic E-state index is 0.0931. The molecule has 2 atom stereocenters. The highest BCUT2D eigenvalue weighted by atomic mass is 127. The molecule has 0 saturated heterocycles. The molecule has 2 N–H and O–H groups in total. The monoisotopic (exact) mass is 373 g/mol. The van der Waals surface area contributed by atoms with Crippen molar-refractivity contribution in [3.8, 4) is 5.75 Å². The summed E-state index contributed by atoms with van der Waals surface area (Å²) in [5.74, 6) is 1.36. The summed E-state index contributed by atoms with van der Waals surface area (Å²) in [5, 5.41) is 12.6. The summed E-state index contributed by atoms with van der Waals surface area (Å²) in [5.41, 5.74) is 0.529. The van der Waals surface area contributed by atoms with Gasteiger partial charge in [0.05, 0.1) is 3.57 Å². The van der Waals surface area contributed by atoms with E-state index in [2.05, 4.69) is 12.2 Å². The zero-order valence-corrected chi connectivity index (χ0v) is 13.3. The minimum Gasteiger partial charge on any atom is -0.507 e. The molecule has 1 amide bonds. The number of benzene rings is 1. The van der Waals surface area contributed by atoms with Gasteiger partial charge < -0.3 is 10.4 Å². The first-order valence-electron chi connectivity index (χ1n) is 6.84. The van der Waals surface area contributed by atoms with Crippen LogP contribution in [-0.4, -0.2) is 17.6 Å². The second-order valence-corrected chi connectivity index (χ2v) is 6.56. The quantitative estimate of drug-likeness (QED) is 0.797. The summed E-state index contributed by atoms with van der Waals surface area (Å²) >= 11 is 2.04. The predicted molar refractivity (Wildman–Crippen MR) is 84.3 cm³/mol. The maximum absolute atomic E-state index is 12.0. The van der Waals surface area contributed by atoms with Gasteiger partial charge in [0.2, 0.25) is 0 Å². The van der Waals surface area contributed by atoms with Gasteiger partial charge in [-0.2, -0.15) is 0 Å². The van der Waals surface area contributed by atoms with Gasteiger partial charge in [-0.1, -0.05) is 26.2 Å². The smallest absolute Gasteiger partial charge is 0.251 e. The molecule has 0 spiro atoms. The summed E-state index contributed by atoms with van der Waals surface area (Å²) in [7, 11) is 0. The van der Waals surface area contributed by atoms with E-state index in [-0.39, 0.29) is 11.7 Å². The highest BCUT2D eigenvalue weighted by Crippen LogP contribution is 2.29. The van der Waals surface area contributed by atoms with Gasteiger partial charge in [0.25, 0.3) is 5.91 Å². The summed E-state index contributed by atoms with van der Waals surface area (Å²) in [6, 6.07) is 5.04. The SMILES string of the molecule is CC1CCCCC1CNC(=O)c1ccc(I)c(O)c1. The predicted octanol–water partition coefficient (Wildman–Crippen LogP) is 3.55. The lowest BCUT2D eigenvalue weighted by Crippen LogP contribution is -2.33. The van der Waals surface area contributed by atoms with E-state index < -0.39 is 0 Å². The van der Waals surface area contributed by atoms with Crippen LogP contribution in [0.5, 0.6) is 5.75 Å². The Morgan fingerprint density at radius 1 is 1.42 bits per heavy atom. The van der Waals surface area contributed by atoms with Crippen LogP contribution < -0.4 is 5.32 Å². The summed E-state index contributed by atoms with van der Waals surface area (Å²) in [6.07, 6.45) is 5.07. The van der Waals surface area contributed by atoms with E-state index in [1.807, 2.05) is 22.6 Å². The van der Waals surface area contributed by atoms with Gasteiger partial charge in [-0.05, 0) is 59.0 Å². The summed E-state index contributed by atoms with van der Waals surface area (Å²) < 4.78 is 0.759. The van der Waals surface area contributed by atoms with Crippen molar-refractivity contribution in [2.45, 2.75) is 32.6 Å². The molecule has 0 aliphatic heterocycles. The molecule has 4 heteroatoms. The van der Waals surface area contributed by atoms with Crippen molar-refractivity contribution in [1.82, 2.24) is 5.32 Å². The number of hydrogen-bond donors (Lipinski definition) is 2. The number of amides is 1. The molecule has 1 aliphatic rings. The molecule has 1 saturated carbocycles. The van der Waals surface area contributed by atoms with E-state index in [0.717, 1.165) is 10.1 Å². The van der Waals surface area contributed by atoms with Crippen molar-refractivity contribution in [3.63, 3.8) is 0 Å². The van der Waals surface area contributed by atoms with Crippen LogP contribution in [0.25, 0.3) is 0 Å². The minimum atomic E-state index is -0.0931. The molecule has 0 bridgehead atoms. The zero-order chi connectivity index (χ0) is 13.8. The van der Waals surface area contributed by atoms with Crippen LogP contribution in [0, 0.1) is 15.4 Å². The lowest BCUT2D eigenvalue weighted by molar-refractivity contribution is 0.0936. The van der Waals surface area contributed by atoms with Crippen molar-refractivity contribution in [3.05, 3.63) is 27.3 Å². The molecule has 2 unspecified atom stereocenters. The fraction of sp³-hybridized carbons (Fsp3) is 0.533. The maximum Gasteiger partial charge on any atom is 0.251 e. The first-order valence-corrected chi connectivity index (χ1v) is 7.92. The van der Waals surface area contributed by atoms with Crippen LogP contribution in [0.4, 0.5) is 0 Å². The molecule has 0 aromatic heterocycles. The molecule has 1 fully saturated rings. The van der Waals surface area contributed by atoms with E-state index in [1.165, 1.54) is 31.7 Å². The number of hydrogen-bond acceptors (Lipinski definition) is 2. The van der Waals surface area contributed by atoms with Crippen LogP contribution in [0.15, 0.2) is 18.2 Å². The Kier molecular flexibility index (Phi) is 5.07. The molecular formula is C15H20INO2. The van der Waals surface area contributed by atoms with E-state index >= 15 is 0 Å². The molecule has 3 nitrogen and oxygen atoms in total. The largest absolute Gasteiger partial charge is 0.507 e. The number of halogens is 1. The average molecular weight is 373 g/mol. The maximum atomic E-state index is 12.0. The second kappa shape index (κ2) is 6.59. The number of aromatic hydroxyl groups is 1. The van der Waals surface area contributed by atoms with E-state index in [0.29, 0.717) is 17.4 Å². The number of phenolic OH excluding ortho intramolecular Hbond substituents is 1. The third kappa shape index (κ3) is 3.84. The van der Waals surface area contributed by atoms with Crippen molar-refractivity contribution >= 4 is 28.5 Å². The Bertz CT molecular complexity index is 461. The van der Waals surface area contributed by atoms with Crippen LogP contribution in [0.2, 0.25) is 0 Å². The third-order valence-electron chi connectivity index (χ3n) is 4.02. The fourth-order valence-electron chi connectivity index (χ4n) is 2.68. The lowest BCUT2D eigenvalue weighted by Gasteiger charge is -2.28. The molecule has 1 aromatic rings. The Labute approximate surface area is 127 Å². The summed E-state index contributed by atoms with van der Waals surface area (Å²) in [4.78, 5) is 12.0. The van der Waals surface area contributed by atoms with Gasteiger partial charge in [0, 0.05) is 12.1 Å². The highest BCUT2D eigenvalue weighted by Gasteiger charge is 2.21. The molecule has 104 valence electrons. The Morgan fingerprint density at radius 3 is 2.84 bits per heavy atom. The number of nitrogens with one attached hydrogen (secondary N) is 1. The van der Waals surface area contributed by atoms with Crippen LogP contribution >= 0.6 is 22.6 Å². The Balaban J connectivity index is 1.91. The third-order valence-corrected chi connectivity index (χ3v) is 4.93. The molecule has 19 heavy (non-hydrogen) atoms. The highest BCUT2D eigenvalue weighted by molar-refractivity contribution is 14.1. The molecule has 2 rings (SSSR count). The Morgan fingerprint density at radius 2 is 2.16 bits per heavy atom. The van der Waals surface area contributed by atoms with Crippen molar-refractivity contribution in [1.29, 1.82) is 0 Å². The van der Waals surface area contributed by atoms with Crippen LogP contribution in [0.1, 0.15) is 43.0 Å². The summed E-state index contributed by atoms with van der Waals surface area (Å²) in [6.45, 7) is 3.01. The standard InChI is InChI=1S/C15H20INO2/c1-10-4-2-3-5-12(10)9-17-15(19)11-6-7-13(16)14(18)8-11/h6-8,10,12,18H,2-5,9H2,1H3,(H,17,19). The first kappa shape index (κ1) is 14.6. The van der Waals surface area contributed by atoms with Gasteiger partial charge in [-0.15, -0.1) is 0 Å². The molecule has 1 aromatic carbocycles. The first-order chi connectivity index (χ1) is 9.08. The fourth-order valence-corrected chi connectivity index (χ4v) is 3.01. The number of carbonyl (C=O) groups excluding carboxylic acids is 1. The van der Waals surface area contributed by atoms with Gasteiger partial charge in [0.15, 0.2) is 0 Å². The average Bonchev–Trinajstić information content (AvgIpc) is 2.40. The molecule has 1 aliphatic carbocycles. The van der Waals surface area contributed by atoms with Gasteiger partial charge in [-0.25, -0.2) is 0 Å². The van der Waals surface area contributed by atoms with E-state index in [4.69, 9.17) is 0 Å². The molecule has 0 radical (unpaired) electrons. The van der Waals surface area contributed by atoms with Crippen LogP contribution in [0.3, 0.4) is 0 Å².